The van der Waals surface area contributed by atoms with Crippen LogP contribution in [0.5, 0.6) is 5.75 Å². The van der Waals surface area contributed by atoms with Crippen molar-refractivity contribution in [2.75, 3.05) is 31.0 Å². The van der Waals surface area contributed by atoms with Crippen LogP contribution in [0.25, 0.3) is 33.8 Å². The molecule has 0 saturated carbocycles. The normalized spacial score (nSPS) is 11.4. The highest BCUT2D eigenvalue weighted by molar-refractivity contribution is 5.97. The molecule has 3 heterocycles. The number of pyridine rings is 1. The molecule has 0 radical (unpaired) electrons. The third-order valence-corrected chi connectivity index (χ3v) is 5.54. The molecule has 0 fully saturated rings. The van der Waals surface area contributed by atoms with E-state index < -0.39 is 18.2 Å². The Kier molecular flexibility index (Phi) is 8.03. The van der Waals surface area contributed by atoms with Gasteiger partial charge >= 0.3 is 18.2 Å². The highest BCUT2D eigenvalue weighted by Crippen LogP contribution is 2.37. The first-order chi connectivity index (χ1) is 19.1. The number of carbonyl (C=O) groups is 2. The Morgan fingerprint density at radius 2 is 2.00 bits per heavy atom. The van der Waals surface area contributed by atoms with E-state index in [9.17, 15) is 22.8 Å². The first-order valence-electron chi connectivity index (χ1n) is 11.8. The number of halogens is 3. The largest absolute Gasteiger partial charge is 0.493 e. The molecular formula is C23H24F3N9O5. The maximum absolute atomic E-state index is 12.9. The molecule has 0 bridgehead atoms. The summed E-state index contributed by atoms with van der Waals surface area (Å²) < 4.78 is 51.1. The molecule has 0 saturated heterocycles. The molecule has 4 aromatic rings. The van der Waals surface area contributed by atoms with E-state index in [0.717, 1.165) is 0 Å². The number of rotatable bonds is 8. The summed E-state index contributed by atoms with van der Waals surface area (Å²) in [4.78, 5) is 37.4. The number of hydroxylamine groups is 1. The van der Waals surface area contributed by atoms with Gasteiger partial charge < -0.3 is 30.9 Å². The SMILES string of the molecule is CCn1c(-c2nonc2N)nc2c(-c3cccc(N(OC(=O)C(F)(F)F)C(=O)NC)c3)ncc(OCCCN)c21. The number of alkyl halides is 3. The van der Waals surface area contributed by atoms with Crippen molar-refractivity contribution >= 4 is 34.5 Å². The fourth-order valence-electron chi connectivity index (χ4n) is 3.76. The predicted molar refractivity (Wildman–Crippen MR) is 135 cm³/mol. The smallest absolute Gasteiger partial charge is 0.490 e. The maximum atomic E-state index is 12.9. The van der Waals surface area contributed by atoms with Gasteiger partial charge in [0.25, 0.3) is 0 Å². The zero-order chi connectivity index (χ0) is 29.0. The Balaban J connectivity index is 1.88. The van der Waals surface area contributed by atoms with E-state index in [0.29, 0.717) is 54.3 Å². The Labute approximate surface area is 223 Å². The lowest BCUT2D eigenvalue weighted by atomic mass is 10.1. The number of hydrogen-bond donors (Lipinski definition) is 3. The van der Waals surface area contributed by atoms with Gasteiger partial charge in [0.1, 0.15) is 11.0 Å². The van der Waals surface area contributed by atoms with Gasteiger partial charge in [-0.2, -0.15) is 13.2 Å². The van der Waals surface area contributed by atoms with Gasteiger partial charge in [-0.1, -0.05) is 12.1 Å². The van der Waals surface area contributed by atoms with Crippen molar-refractivity contribution < 1.29 is 37.0 Å². The third-order valence-electron chi connectivity index (χ3n) is 5.54. The van der Waals surface area contributed by atoms with Crippen LogP contribution in [0.3, 0.4) is 0 Å². The van der Waals surface area contributed by atoms with Gasteiger partial charge in [-0.3, -0.25) is 0 Å². The Bertz CT molecular complexity index is 1540. The number of anilines is 2. The van der Waals surface area contributed by atoms with Crippen molar-refractivity contribution in [2.24, 2.45) is 5.73 Å². The lowest BCUT2D eigenvalue weighted by molar-refractivity contribution is -0.199. The zero-order valence-corrected chi connectivity index (χ0v) is 21.2. The first-order valence-corrected chi connectivity index (χ1v) is 11.8. The molecule has 4 rings (SSSR count). The first kappa shape index (κ1) is 28.1. The molecule has 0 unspecified atom stereocenters. The minimum Gasteiger partial charge on any atom is -0.490 e. The van der Waals surface area contributed by atoms with Crippen molar-refractivity contribution in [2.45, 2.75) is 26.1 Å². The van der Waals surface area contributed by atoms with Gasteiger partial charge in [-0.25, -0.2) is 24.2 Å². The van der Waals surface area contributed by atoms with E-state index in [-0.39, 0.29) is 28.0 Å². The van der Waals surface area contributed by atoms with Gasteiger partial charge in [-0.15, -0.1) is 5.06 Å². The van der Waals surface area contributed by atoms with Gasteiger partial charge in [-0.05, 0) is 42.3 Å². The molecule has 17 heteroatoms. The number of aromatic nitrogens is 5. The number of ether oxygens (including phenoxy) is 1. The summed E-state index contributed by atoms with van der Waals surface area (Å²) in [5.41, 5.74) is 12.9. The fourth-order valence-corrected chi connectivity index (χ4v) is 3.76. The molecule has 0 aliphatic carbocycles. The van der Waals surface area contributed by atoms with Crippen LogP contribution in [0.15, 0.2) is 35.1 Å². The number of hydrogen-bond acceptors (Lipinski definition) is 11. The van der Waals surface area contributed by atoms with Gasteiger partial charge in [0, 0.05) is 19.2 Å². The Morgan fingerprint density at radius 1 is 1.23 bits per heavy atom. The molecule has 5 N–H and O–H groups in total. The summed E-state index contributed by atoms with van der Waals surface area (Å²) in [6.45, 7) is 2.95. The number of benzene rings is 1. The quantitative estimate of drug-likeness (QED) is 0.211. The number of nitrogens with zero attached hydrogens (tertiary/aromatic N) is 6. The maximum Gasteiger partial charge on any atom is 0.493 e. The molecule has 14 nitrogen and oxygen atoms in total. The number of urea groups is 1. The highest BCUT2D eigenvalue weighted by atomic mass is 19.4. The summed E-state index contributed by atoms with van der Waals surface area (Å²) in [7, 11) is 1.17. The second kappa shape index (κ2) is 11.4. The van der Waals surface area contributed by atoms with Crippen LogP contribution in [0.2, 0.25) is 0 Å². The second-order valence-electron chi connectivity index (χ2n) is 8.11. The lowest BCUT2D eigenvalue weighted by Gasteiger charge is -2.21. The van der Waals surface area contributed by atoms with Crippen LogP contribution in [-0.2, 0) is 16.2 Å². The molecule has 0 spiro atoms. The molecule has 3 aromatic heterocycles. The van der Waals surface area contributed by atoms with Gasteiger partial charge in [0.2, 0.25) is 0 Å². The van der Waals surface area contributed by atoms with Crippen LogP contribution in [0, 0.1) is 0 Å². The summed E-state index contributed by atoms with van der Waals surface area (Å²) in [6.07, 6.45) is -3.30. The van der Waals surface area contributed by atoms with Crippen molar-refractivity contribution in [1.82, 2.24) is 30.2 Å². The average Bonchev–Trinajstić information content (AvgIpc) is 3.53. The van der Waals surface area contributed by atoms with E-state index in [1.54, 1.807) is 10.6 Å². The van der Waals surface area contributed by atoms with Crippen LogP contribution >= 0.6 is 0 Å². The van der Waals surface area contributed by atoms with E-state index in [1.165, 1.54) is 31.4 Å². The van der Waals surface area contributed by atoms with Crippen molar-refractivity contribution in [3.63, 3.8) is 0 Å². The molecule has 0 aliphatic heterocycles. The van der Waals surface area contributed by atoms with Crippen LogP contribution < -0.4 is 26.6 Å². The van der Waals surface area contributed by atoms with Crippen LogP contribution in [0.4, 0.5) is 29.5 Å². The topological polar surface area (TPSA) is 190 Å². The lowest BCUT2D eigenvalue weighted by Crippen LogP contribution is -2.43. The van der Waals surface area contributed by atoms with Gasteiger partial charge in [0.15, 0.2) is 23.1 Å². The minimum absolute atomic E-state index is 0.000173. The molecular weight excluding hydrogens is 539 g/mol. The number of amides is 2. The van der Waals surface area contributed by atoms with Crippen molar-refractivity contribution in [1.29, 1.82) is 0 Å². The van der Waals surface area contributed by atoms with E-state index >= 15 is 0 Å². The number of aryl methyl sites for hydroxylation is 1. The predicted octanol–water partition coefficient (Wildman–Crippen LogP) is 2.64. The Morgan fingerprint density at radius 3 is 2.62 bits per heavy atom. The van der Waals surface area contributed by atoms with Crippen molar-refractivity contribution in [3.05, 3.63) is 30.5 Å². The summed E-state index contributed by atoms with van der Waals surface area (Å²) in [5, 5.41) is 9.78. The standard InChI is InChI=1S/C23H24F3N9O5/c1-3-34-18-14(38-9-5-8-27)11-30-15(16(18)31-20(34)17-19(28)33-40-32-17)12-6-4-7-13(10-12)35(22(37)29-2)39-21(36)23(24,25)26/h4,6-7,10-11H,3,5,8-9,27H2,1-2H3,(H2,28,33)(H,29,37). The second-order valence-corrected chi connectivity index (χ2v) is 8.11. The van der Waals surface area contributed by atoms with E-state index in [2.05, 4.69) is 30.4 Å². The number of nitrogens with two attached hydrogens (primary N) is 2. The summed E-state index contributed by atoms with van der Waals surface area (Å²) in [6, 6.07) is 4.50. The molecule has 0 atom stereocenters. The molecule has 1 aromatic carbocycles. The number of nitrogen functional groups attached to an aromatic ring is 1. The van der Waals surface area contributed by atoms with Crippen molar-refractivity contribution in [3.8, 4) is 28.5 Å². The molecule has 0 aliphatic rings. The zero-order valence-electron chi connectivity index (χ0n) is 21.2. The van der Waals surface area contributed by atoms with E-state index in [1.807, 2.05) is 6.92 Å². The molecule has 40 heavy (non-hydrogen) atoms. The summed E-state index contributed by atoms with van der Waals surface area (Å²) >= 11 is 0. The molecule has 212 valence electrons. The number of nitrogens with one attached hydrogen (secondary N) is 1. The van der Waals surface area contributed by atoms with Gasteiger partial charge in [0.05, 0.1) is 24.2 Å². The monoisotopic (exact) mass is 563 g/mol. The third kappa shape index (κ3) is 5.44. The molecule has 2 amide bonds. The van der Waals surface area contributed by atoms with Crippen LogP contribution in [0.1, 0.15) is 13.3 Å². The minimum atomic E-state index is -5.33. The number of carbonyl (C=O) groups excluding carboxylic acids is 2. The fraction of sp³-hybridized carbons (Fsp3) is 0.304. The van der Waals surface area contributed by atoms with Crippen LogP contribution in [-0.4, -0.2) is 63.2 Å². The number of fused-ring (bicyclic) bond motifs is 1. The summed E-state index contributed by atoms with van der Waals surface area (Å²) in [5.74, 6) is -1.90. The average molecular weight is 563 g/mol. The Hall–Kier alpha value is -4.93. The highest BCUT2D eigenvalue weighted by Gasteiger charge is 2.43. The number of imidazole rings is 1. The van der Waals surface area contributed by atoms with E-state index in [4.69, 9.17) is 20.8 Å².